The number of ether oxygens (including phenoxy) is 3. The van der Waals surface area contributed by atoms with Gasteiger partial charge in [0.2, 0.25) is 12.7 Å². The summed E-state index contributed by atoms with van der Waals surface area (Å²) in [6, 6.07) is 5.24. The molecule has 2 aliphatic heterocycles. The van der Waals surface area contributed by atoms with E-state index in [1.807, 2.05) is 0 Å². The van der Waals surface area contributed by atoms with Gasteiger partial charge in [0.05, 0.1) is 5.92 Å². The molecule has 1 aromatic carbocycles. The second kappa shape index (κ2) is 6.85. The molecule has 3 rings (SSSR count). The molecule has 0 saturated carbocycles. The molecule has 7 nitrogen and oxygen atoms in total. The van der Waals surface area contributed by atoms with Crippen molar-refractivity contribution in [3.05, 3.63) is 18.2 Å². The fourth-order valence-corrected chi connectivity index (χ4v) is 2.46. The number of hydrogen-bond acceptors (Lipinski definition) is 6. The van der Waals surface area contributed by atoms with Gasteiger partial charge in [-0.15, -0.1) is 0 Å². The molecule has 120 valence electrons. The van der Waals surface area contributed by atoms with Crippen molar-refractivity contribution >= 4 is 5.91 Å². The Hall–Kier alpha value is -1.99. The largest absolute Gasteiger partial charge is 0.491 e. The van der Waals surface area contributed by atoms with Crippen LogP contribution in [0.25, 0.3) is 0 Å². The second-order valence-electron chi connectivity index (χ2n) is 5.41. The summed E-state index contributed by atoms with van der Waals surface area (Å²) in [6.45, 7) is 2.07. The fourth-order valence-electron chi connectivity index (χ4n) is 2.46. The van der Waals surface area contributed by atoms with Crippen LogP contribution in [0.4, 0.5) is 0 Å². The third-order valence-electron chi connectivity index (χ3n) is 3.73. The quantitative estimate of drug-likeness (QED) is 0.679. The first-order chi connectivity index (χ1) is 10.7. The van der Waals surface area contributed by atoms with Gasteiger partial charge in [-0.2, -0.15) is 0 Å². The van der Waals surface area contributed by atoms with Crippen LogP contribution in [0.3, 0.4) is 0 Å². The van der Waals surface area contributed by atoms with Gasteiger partial charge in [0.25, 0.3) is 0 Å². The Bertz CT molecular complexity index is 531. The smallest absolute Gasteiger partial charge is 0.231 e. The normalized spacial score (nSPS) is 20.7. The standard InChI is InChI=1S/C15H20N2O5/c18-11(7-17-15(19)10-3-4-16-6-10)8-20-12-1-2-13-14(5-12)22-9-21-13/h1-2,5,10-11,16,18H,3-4,6-9H2,(H,17,19). The highest BCUT2D eigenvalue weighted by Gasteiger charge is 2.22. The second-order valence-corrected chi connectivity index (χ2v) is 5.41. The number of benzene rings is 1. The van der Waals surface area contributed by atoms with E-state index < -0.39 is 6.10 Å². The zero-order valence-electron chi connectivity index (χ0n) is 12.2. The number of aliphatic hydroxyl groups excluding tert-OH is 1. The van der Waals surface area contributed by atoms with Crippen LogP contribution >= 0.6 is 0 Å². The zero-order chi connectivity index (χ0) is 15.4. The Labute approximate surface area is 128 Å². The number of carbonyl (C=O) groups is 1. The van der Waals surface area contributed by atoms with E-state index in [1.54, 1.807) is 18.2 Å². The summed E-state index contributed by atoms with van der Waals surface area (Å²) in [6.07, 6.45) is 0.0825. The van der Waals surface area contributed by atoms with Crippen molar-refractivity contribution in [3.8, 4) is 17.2 Å². The molecular weight excluding hydrogens is 288 g/mol. The summed E-state index contributed by atoms with van der Waals surface area (Å²) in [5, 5.41) is 15.8. The molecule has 0 aromatic heterocycles. The predicted molar refractivity (Wildman–Crippen MR) is 78.1 cm³/mol. The molecule has 2 aliphatic rings. The average molecular weight is 308 g/mol. The highest BCUT2D eigenvalue weighted by atomic mass is 16.7. The van der Waals surface area contributed by atoms with Crippen LogP contribution in [0.5, 0.6) is 17.2 Å². The van der Waals surface area contributed by atoms with Gasteiger partial charge < -0.3 is 30.0 Å². The van der Waals surface area contributed by atoms with E-state index in [4.69, 9.17) is 14.2 Å². The maximum absolute atomic E-state index is 11.8. The minimum absolute atomic E-state index is 0.00183. The summed E-state index contributed by atoms with van der Waals surface area (Å²) in [4.78, 5) is 11.8. The van der Waals surface area contributed by atoms with Crippen LogP contribution in [0.15, 0.2) is 18.2 Å². The number of nitrogens with one attached hydrogen (secondary N) is 2. The van der Waals surface area contributed by atoms with Crippen molar-refractivity contribution in [2.75, 3.05) is 33.0 Å². The van der Waals surface area contributed by atoms with Gasteiger partial charge in [-0.1, -0.05) is 0 Å². The Balaban J connectivity index is 1.40. The van der Waals surface area contributed by atoms with E-state index in [0.717, 1.165) is 13.0 Å². The van der Waals surface area contributed by atoms with Crippen LogP contribution in [-0.4, -0.2) is 50.2 Å². The molecule has 2 heterocycles. The molecular formula is C15H20N2O5. The van der Waals surface area contributed by atoms with Gasteiger partial charge in [0.15, 0.2) is 11.5 Å². The van der Waals surface area contributed by atoms with Gasteiger partial charge >= 0.3 is 0 Å². The van der Waals surface area contributed by atoms with Crippen molar-refractivity contribution in [2.45, 2.75) is 12.5 Å². The van der Waals surface area contributed by atoms with E-state index >= 15 is 0 Å². The minimum Gasteiger partial charge on any atom is -0.491 e. The zero-order valence-corrected chi connectivity index (χ0v) is 12.2. The van der Waals surface area contributed by atoms with E-state index in [-0.39, 0.29) is 31.8 Å². The van der Waals surface area contributed by atoms with Crippen LogP contribution in [0.1, 0.15) is 6.42 Å². The SMILES string of the molecule is O=C(NCC(O)COc1ccc2c(c1)OCO2)C1CCNC1. The lowest BCUT2D eigenvalue weighted by molar-refractivity contribution is -0.124. The Kier molecular flexibility index (Phi) is 4.65. The molecule has 7 heteroatoms. The number of fused-ring (bicyclic) bond motifs is 1. The topological polar surface area (TPSA) is 89.1 Å². The van der Waals surface area contributed by atoms with Gasteiger partial charge in [-0.25, -0.2) is 0 Å². The van der Waals surface area contributed by atoms with Crippen LogP contribution in [0, 0.1) is 5.92 Å². The molecule has 1 aromatic rings. The number of hydrogen-bond donors (Lipinski definition) is 3. The molecule has 0 aliphatic carbocycles. The van der Waals surface area contributed by atoms with Crippen molar-refractivity contribution in [3.63, 3.8) is 0 Å². The maximum Gasteiger partial charge on any atom is 0.231 e. The molecule has 2 unspecified atom stereocenters. The lowest BCUT2D eigenvalue weighted by Gasteiger charge is -2.15. The van der Waals surface area contributed by atoms with Gasteiger partial charge in [0, 0.05) is 19.2 Å². The first-order valence-electron chi connectivity index (χ1n) is 7.41. The van der Waals surface area contributed by atoms with Gasteiger partial charge in [-0.05, 0) is 25.1 Å². The highest BCUT2D eigenvalue weighted by Crippen LogP contribution is 2.35. The highest BCUT2D eigenvalue weighted by molar-refractivity contribution is 5.79. The van der Waals surface area contributed by atoms with Crippen molar-refractivity contribution in [1.82, 2.24) is 10.6 Å². The summed E-state index contributed by atoms with van der Waals surface area (Å²) in [5.41, 5.74) is 0. The first-order valence-corrected chi connectivity index (χ1v) is 7.41. The van der Waals surface area contributed by atoms with Gasteiger partial charge in [-0.3, -0.25) is 4.79 Å². The van der Waals surface area contributed by atoms with Gasteiger partial charge in [0.1, 0.15) is 18.5 Å². The first kappa shape index (κ1) is 14.9. The summed E-state index contributed by atoms with van der Waals surface area (Å²) >= 11 is 0. The van der Waals surface area contributed by atoms with Crippen LogP contribution in [-0.2, 0) is 4.79 Å². The molecule has 2 atom stereocenters. The molecule has 1 amide bonds. The molecule has 1 fully saturated rings. The summed E-state index contributed by atoms with van der Waals surface area (Å²) < 4.78 is 16.0. The van der Waals surface area contributed by atoms with E-state index in [2.05, 4.69) is 10.6 Å². The number of rotatable bonds is 6. The van der Waals surface area contributed by atoms with Crippen molar-refractivity contribution in [1.29, 1.82) is 0 Å². The Morgan fingerprint density at radius 3 is 3.14 bits per heavy atom. The van der Waals surface area contributed by atoms with E-state index in [9.17, 15) is 9.90 Å². The third kappa shape index (κ3) is 3.61. The van der Waals surface area contributed by atoms with E-state index in [0.29, 0.717) is 23.8 Å². The number of amides is 1. The number of carbonyl (C=O) groups excluding carboxylic acids is 1. The summed E-state index contributed by atoms with van der Waals surface area (Å²) in [5.74, 6) is 1.89. The molecule has 0 radical (unpaired) electrons. The maximum atomic E-state index is 11.8. The predicted octanol–water partition coefficient (Wildman–Crippen LogP) is -0.119. The number of aliphatic hydroxyl groups is 1. The fraction of sp³-hybridized carbons (Fsp3) is 0.533. The van der Waals surface area contributed by atoms with E-state index in [1.165, 1.54) is 0 Å². The lowest BCUT2D eigenvalue weighted by Crippen LogP contribution is -2.39. The Morgan fingerprint density at radius 1 is 1.45 bits per heavy atom. The van der Waals surface area contributed by atoms with Crippen LogP contribution < -0.4 is 24.8 Å². The molecule has 1 saturated heterocycles. The lowest BCUT2D eigenvalue weighted by atomic mass is 10.1. The molecule has 0 bridgehead atoms. The third-order valence-corrected chi connectivity index (χ3v) is 3.73. The molecule has 22 heavy (non-hydrogen) atoms. The minimum atomic E-state index is -0.760. The van der Waals surface area contributed by atoms with Crippen LogP contribution in [0.2, 0.25) is 0 Å². The summed E-state index contributed by atoms with van der Waals surface area (Å²) in [7, 11) is 0. The molecule has 0 spiro atoms. The Morgan fingerprint density at radius 2 is 2.32 bits per heavy atom. The van der Waals surface area contributed by atoms with Crippen molar-refractivity contribution in [2.24, 2.45) is 5.92 Å². The average Bonchev–Trinajstić information content (AvgIpc) is 3.20. The molecule has 3 N–H and O–H groups in total. The van der Waals surface area contributed by atoms with Crippen molar-refractivity contribution < 1.29 is 24.1 Å². The monoisotopic (exact) mass is 308 g/mol.